The molecule has 0 atom stereocenters. The van der Waals surface area contributed by atoms with Gasteiger partial charge in [-0.05, 0) is 170 Å². The molecule has 0 fully saturated rings. The summed E-state index contributed by atoms with van der Waals surface area (Å²) in [6.07, 6.45) is 0. The number of fused-ring (bicyclic) bond motifs is 19. The number of aryl methyl sites for hydroxylation is 1. The monoisotopic (exact) mass is 1030 g/mol. The van der Waals surface area contributed by atoms with Gasteiger partial charge in [0.15, 0.2) is 0 Å². The topological polar surface area (TPSA) is 32.8 Å². The van der Waals surface area contributed by atoms with Gasteiger partial charge in [0.25, 0.3) is 0 Å². The van der Waals surface area contributed by atoms with Gasteiger partial charge in [-0.25, -0.2) is 0 Å². The van der Waals surface area contributed by atoms with E-state index in [9.17, 15) is 0 Å². The van der Waals surface area contributed by atoms with E-state index in [1.165, 1.54) is 88.7 Å². The summed E-state index contributed by atoms with van der Waals surface area (Å²) in [4.78, 5) is 4.83. The van der Waals surface area contributed by atoms with Crippen LogP contribution in [-0.2, 0) is 16.2 Å². The number of anilines is 6. The summed E-state index contributed by atoms with van der Waals surface area (Å²) in [5.41, 5.74) is 28.5. The first kappa shape index (κ1) is 46.7. The second kappa shape index (κ2) is 16.6. The average molecular weight is 1030 g/mol. The number of hydrogen-bond acceptors (Lipinski definition) is 4. The molecule has 80 heavy (non-hydrogen) atoms. The molecular weight excluding hydrogens is 973 g/mol. The van der Waals surface area contributed by atoms with Crippen LogP contribution in [0.25, 0.3) is 88.4 Å². The Balaban J connectivity index is 0.916. The third-order valence-corrected chi connectivity index (χ3v) is 18.5. The Morgan fingerprint density at radius 2 is 0.725 bits per heavy atom. The first-order valence-corrected chi connectivity index (χ1v) is 28.2. The first-order valence-electron chi connectivity index (χ1n) is 28.2. The summed E-state index contributed by atoms with van der Waals surface area (Å²) in [5.74, 6) is 0. The Morgan fingerprint density at radius 1 is 0.300 bits per heavy atom. The van der Waals surface area contributed by atoms with E-state index in [0.29, 0.717) is 0 Å². The maximum Gasteiger partial charge on any atom is 0.144 e. The summed E-state index contributed by atoms with van der Waals surface area (Å²) in [7, 11) is 0. The second-order valence-corrected chi connectivity index (χ2v) is 24.0. The molecule has 0 aliphatic heterocycles. The van der Waals surface area contributed by atoms with E-state index in [-0.39, 0.29) is 16.2 Å². The van der Waals surface area contributed by atoms with Gasteiger partial charge in [0, 0.05) is 83.0 Å². The van der Waals surface area contributed by atoms with Crippen LogP contribution >= 0.6 is 0 Å². The lowest BCUT2D eigenvalue weighted by molar-refractivity contribution is 0.600. The highest BCUT2D eigenvalue weighted by atomic mass is 16.3. The molecule has 13 aromatic rings. The number of benzene rings is 11. The molecule has 384 valence electrons. The highest BCUT2D eigenvalue weighted by molar-refractivity contribution is 6.21. The molecule has 0 radical (unpaired) electrons. The molecule has 0 saturated carbocycles. The van der Waals surface area contributed by atoms with Gasteiger partial charge in [-0.1, -0.05) is 175 Å². The van der Waals surface area contributed by atoms with Gasteiger partial charge < -0.3 is 18.6 Å². The van der Waals surface area contributed by atoms with Crippen molar-refractivity contribution in [3.05, 3.63) is 263 Å². The predicted octanol–water partition coefficient (Wildman–Crippen LogP) is 21.3. The fourth-order valence-corrected chi connectivity index (χ4v) is 14.8. The van der Waals surface area contributed by atoms with Crippen LogP contribution in [0, 0.1) is 6.92 Å². The molecule has 4 nitrogen and oxygen atoms in total. The first-order chi connectivity index (χ1) is 38.9. The van der Waals surface area contributed by atoms with E-state index in [1.807, 2.05) is 0 Å². The standard InChI is InChI=1S/C76H58N2O2/c1-45-22-14-15-27-52(45)58-44-62-65(67-56-29-17-20-32-63(56)79-72(58)67)54-40-38-50(42-60(54)74(62,2)3)78(49-36-34-48(35-37-49)77(46-23-10-8-11-24-46)47-25-12-9-13-26-47)51-39-41-55-61(43-51)76(6,7)70-66(55)68-57-30-18-21-33-64(57)80-73(68)69-53-28-16-19-31-59(53)75(4,5)71(69)70/h8-44H,1-7H3. The lowest BCUT2D eigenvalue weighted by Crippen LogP contribution is -2.24. The zero-order valence-corrected chi connectivity index (χ0v) is 46.1. The van der Waals surface area contributed by atoms with Gasteiger partial charge in [0.1, 0.15) is 22.3 Å². The van der Waals surface area contributed by atoms with E-state index < -0.39 is 0 Å². The minimum atomic E-state index is -0.368. The Hall–Kier alpha value is -9.38. The Morgan fingerprint density at radius 3 is 1.34 bits per heavy atom. The SMILES string of the molecule is Cc1ccccc1-c1cc2c(c3c1oc1ccccc13)-c1ccc(N(c3ccc(N(c4ccccc4)c4ccccc4)cc3)c3ccc4c(c3)C(C)(C)c3c5c(c6oc7ccccc7c6c3-4)-c3ccccc3C5(C)C)cc1C2(C)C. The normalized spacial score (nSPS) is 14.7. The van der Waals surface area contributed by atoms with Crippen molar-refractivity contribution in [3.63, 3.8) is 0 Å². The largest absolute Gasteiger partial charge is 0.455 e. The maximum atomic E-state index is 7.05. The van der Waals surface area contributed by atoms with E-state index in [2.05, 4.69) is 283 Å². The van der Waals surface area contributed by atoms with Crippen LogP contribution in [0.2, 0.25) is 0 Å². The summed E-state index contributed by atoms with van der Waals surface area (Å²) in [6, 6.07) is 82.3. The Bertz CT molecular complexity index is 4710. The molecule has 2 aromatic heterocycles. The van der Waals surface area contributed by atoms with Crippen molar-refractivity contribution >= 4 is 78.0 Å². The van der Waals surface area contributed by atoms with E-state index in [0.717, 1.165) is 72.8 Å². The maximum absolute atomic E-state index is 7.05. The van der Waals surface area contributed by atoms with Crippen molar-refractivity contribution in [2.45, 2.75) is 64.7 Å². The van der Waals surface area contributed by atoms with E-state index in [1.54, 1.807) is 0 Å². The molecule has 3 aliphatic carbocycles. The number of nitrogens with zero attached hydrogens (tertiary/aromatic N) is 2. The number of furan rings is 2. The molecule has 0 bridgehead atoms. The van der Waals surface area contributed by atoms with Crippen LogP contribution in [0.5, 0.6) is 0 Å². The second-order valence-electron chi connectivity index (χ2n) is 24.0. The Kier molecular flexibility index (Phi) is 9.68. The van der Waals surface area contributed by atoms with Crippen molar-refractivity contribution in [1.29, 1.82) is 0 Å². The minimum absolute atomic E-state index is 0.254. The Labute approximate surface area is 466 Å². The average Bonchev–Trinajstić information content (AvgIpc) is 4.14. The quantitative estimate of drug-likeness (QED) is 0.159. The van der Waals surface area contributed by atoms with Crippen LogP contribution < -0.4 is 9.80 Å². The predicted molar refractivity (Wildman–Crippen MR) is 333 cm³/mol. The van der Waals surface area contributed by atoms with Crippen LogP contribution in [0.4, 0.5) is 34.1 Å². The smallest absolute Gasteiger partial charge is 0.144 e. The highest BCUT2D eigenvalue weighted by Crippen LogP contribution is 2.64. The molecule has 2 heterocycles. The molecule has 0 spiro atoms. The molecule has 0 unspecified atom stereocenters. The summed E-state index contributed by atoms with van der Waals surface area (Å²) < 4.78 is 14.0. The van der Waals surface area contributed by atoms with Gasteiger partial charge in [-0.15, -0.1) is 0 Å². The third-order valence-electron chi connectivity index (χ3n) is 18.5. The molecule has 0 N–H and O–H groups in total. The molecule has 0 saturated heterocycles. The van der Waals surface area contributed by atoms with E-state index in [4.69, 9.17) is 8.83 Å². The summed E-state index contributed by atoms with van der Waals surface area (Å²) in [6.45, 7) is 16.8. The van der Waals surface area contributed by atoms with E-state index >= 15 is 0 Å². The molecule has 11 aromatic carbocycles. The van der Waals surface area contributed by atoms with Gasteiger partial charge in [-0.2, -0.15) is 0 Å². The number of para-hydroxylation sites is 4. The van der Waals surface area contributed by atoms with Crippen LogP contribution in [0.3, 0.4) is 0 Å². The zero-order chi connectivity index (χ0) is 54.0. The lowest BCUT2D eigenvalue weighted by Gasteiger charge is -2.32. The van der Waals surface area contributed by atoms with Crippen LogP contribution in [0.1, 0.15) is 80.5 Å². The van der Waals surface area contributed by atoms with Gasteiger partial charge in [-0.3, -0.25) is 0 Å². The fraction of sp³-hybridized carbons (Fsp3) is 0.132. The van der Waals surface area contributed by atoms with Crippen LogP contribution in [0.15, 0.2) is 233 Å². The van der Waals surface area contributed by atoms with Gasteiger partial charge in [0.2, 0.25) is 0 Å². The van der Waals surface area contributed by atoms with Crippen molar-refractivity contribution in [2.75, 3.05) is 9.80 Å². The molecule has 3 aliphatic rings. The molecule has 4 heteroatoms. The third kappa shape index (κ3) is 6.33. The molecular formula is C76H58N2O2. The van der Waals surface area contributed by atoms with Gasteiger partial charge >= 0.3 is 0 Å². The molecule has 16 rings (SSSR count). The van der Waals surface area contributed by atoms with Crippen molar-refractivity contribution in [2.24, 2.45) is 0 Å². The van der Waals surface area contributed by atoms with Crippen LogP contribution in [-0.4, -0.2) is 0 Å². The van der Waals surface area contributed by atoms with Gasteiger partial charge in [0.05, 0.1) is 0 Å². The highest BCUT2D eigenvalue weighted by Gasteiger charge is 2.49. The zero-order valence-electron chi connectivity index (χ0n) is 46.1. The summed E-state index contributed by atoms with van der Waals surface area (Å²) in [5, 5.41) is 4.69. The fourth-order valence-electron chi connectivity index (χ4n) is 14.8. The van der Waals surface area contributed by atoms with Crippen molar-refractivity contribution in [3.8, 4) is 44.5 Å². The number of hydrogen-bond donors (Lipinski definition) is 0. The van der Waals surface area contributed by atoms with Crippen molar-refractivity contribution < 1.29 is 8.83 Å². The molecule has 0 amide bonds. The summed E-state index contributed by atoms with van der Waals surface area (Å²) >= 11 is 0. The lowest BCUT2D eigenvalue weighted by atomic mass is 9.72. The number of rotatable bonds is 7. The van der Waals surface area contributed by atoms with Crippen molar-refractivity contribution in [1.82, 2.24) is 0 Å². The minimum Gasteiger partial charge on any atom is -0.455 e.